The van der Waals surface area contributed by atoms with Crippen molar-refractivity contribution in [2.45, 2.75) is 32.7 Å². The van der Waals surface area contributed by atoms with E-state index in [0.29, 0.717) is 0 Å². The van der Waals surface area contributed by atoms with E-state index >= 15 is 0 Å². The maximum absolute atomic E-state index is 6.04. The number of benzene rings is 1. The number of rotatable bonds is 6. The molecule has 1 atom stereocenters. The van der Waals surface area contributed by atoms with Crippen LogP contribution < -0.4 is 5.32 Å². The average molecular weight is 371 g/mol. The molecule has 0 aliphatic rings. The fraction of sp³-hybridized carbons (Fsp3) is 0.438. The minimum atomic E-state index is 0.238. The topological polar surface area (TPSA) is 29.9 Å². The highest BCUT2D eigenvalue weighted by molar-refractivity contribution is 9.10. The van der Waals surface area contributed by atoms with Crippen LogP contribution in [-0.4, -0.2) is 16.3 Å². The van der Waals surface area contributed by atoms with Crippen molar-refractivity contribution >= 4 is 27.5 Å². The van der Waals surface area contributed by atoms with Crippen LogP contribution in [0.25, 0.3) is 0 Å². The number of aromatic nitrogens is 2. The molecule has 21 heavy (non-hydrogen) atoms. The highest BCUT2D eigenvalue weighted by Crippen LogP contribution is 2.29. The van der Waals surface area contributed by atoms with E-state index in [1.165, 1.54) is 11.3 Å². The number of aryl methyl sites for hydroxylation is 2. The van der Waals surface area contributed by atoms with Crippen LogP contribution >= 0.6 is 27.5 Å². The fourth-order valence-corrected chi connectivity index (χ4v) is 3.43. The third-order valence-corrected chi connectivity index (χ3v) is 4.51. The Hall–Kier alpha value is -0.840. The van der Waals surface area contributed by atoms with Crippen molar-refractivity contribution in [2.24, 2.45) is 7.05 Å². The molecule has 2 aromatic rings. The molecule has 5 heteroatoms. The van der Waals surface area contributed by atoms with Gasteiger partial charge in [0.15, 0.2) is 0 Å². The molecule has 114 valence electrons. The summed E-state index contributed by atoms with van der Waals surface area (Å²) in [5, 5.41) is 8.82. The van der Waals surface area contributed by atoms with Crippen LogP contribution in [0, 0.1) is 0 Å². The number of hydrogen-bond acceptors (Lipinski definition) is 2. The molecule has 0 spiro atoms. The van der Waals surface area contributed by atoms with Gasteiger partial charge in [0.25, 0.3) is 0 Å². The van der Waals surface area contributed by atoms with E-state index in [1.54, 1.807) is 0 Å². The summed E-state index contributed by atoms with van der Waals surface area (Å²) in [6, 6.07) is 8.39. The molecule has 1 heterocycles. The van der Waals surface area contributed by atoms with Crippen LogP contribution in [0.5, 0.6) is 0 Å². The van der Waals surface area contributed by atoms with Gasteiger partial charge in [0.1, 0.15) is 0 Å². The van der Waals surface area contributed by atoms with Gasteiger partial charge in [-0.1, -0.05) is 47.4 Å². The highest BCUT2D eigenvalue weighted by atomic mass is 79.9. The van der Waals surface area contributed by atoms with Gasteiger partial charge in [-0.05, 0) is 36.7 Å². The molecule has 0 radical (unpaired) electrons. The van der Waals surface area contributed by atoms with E-state index in [2.05, 4.69) is 52.3 Å². The van der Waals surface area contributed by atoms with Gasteiger partial charge in [0.05, 0.1) is 5.69 Å². The van der Waals surface area contributed by atoms with E-state index in [0.717, 1.165) is 34.6 Å². The predicted molar refractivity (Wildman–Crippen MR) is 91.9 cm³/mol. The van der Waals surface area contributed by atoms with Crippen LogP contribution in [0.2, 0.25) is 5.02 Å². The second kappa shape index (κ2) is 7.43. The molecule has 0 fully saturated rings. The molecule has 0 bridgehead atoms. The van der Waals surface area contributed by atoms with Gasteiger partial charge in [0, 0.05) is 34.7 Å². The molecule has 0 saturated carbocycles. The van der Waals surface area contributed by atoms with E-state index < -0.39 is 0 Å². The van der Waals surface area contributed by atoms with Crippen molar-refractivity contribution in [3.05, 3.63) is 50.7 Å². The lowest BCUT2D eigenvalue weighted by Gasteiger charge is -2.20. The standard InChI is InChI=1S/C16H21BrClN3/c1-4-12-9-13(21(3)20-12)10-16(19-5-2)14-7-6-11(18)8-15(14)17/h6-9,16,19H,4-5,10H2,1-3H3. The average Bonchev–Trinajstić information content (AvgIpc) is 2.79. The lowest BCUT2D eigenvalue weighted by molar-refractivity contribution is 0.527. The van der Waals surface area contributed by atoms with Crippen LogP contribution in [0.1, 0.15) is 36.8 Å². The molecule has 1 N–H and O–H groups in total. The van der Waals surface area contributed by atoms with E-state index in [9.17, 15) is 0 Å². The largest absolute Gasteiger partial charge is 0.310 e. The van der Waals surface area contributed by atoms with Crippen LogP contribution in [0.4, 0.5) is 0 Å². The number of hydrogen-bond donors (Lipinski definition) is 1. The van der Waals surface area contributed by atoms with Crippen molar-refractivity contribution < 1.29 is 0 Å². The first-order chi connectivity index (χ1) is 10.0. The summed E-state index contributed by atoms with van der Waals surface area (Å²) >= 11 is 9.66. The van der Waals surface area contributed by atoms with E-state index in [1.807, 2.05) is 23.9 Å². The van der Waals surface area contributed by atoms with E-state index in [4.69, 9.17) is 11.6 Å². The molecular weight excluding hydrogens is 350 g/mol. The summed E-state index contributed by atoms with van der Waals surface area (Å²) in [5.74, 6) is 0. The molecule has 0 saturated heterocycles. The van der Waals surface area contributed by atoms with Gasteiger partial charge in [-0.3, -0.25) is 4.68 Å². The predicted octanol–water partition coefficient (Wildman–Crippen LogP) is 4.29. The van der Waals surface area contributed by atoms with Gasteiger partial charge >= 0.3 is 0 Å². The van der Waals surface area contributed by atoms with Gasteiger partial charge in [0.2, 0.25) is 0 Å². The number of nitrogens with zero attached hydrogens (tertiary/aromatic N) is 2. The molecule has 2 rings (SSSR count). The Morgan fingerprint density at radius 3 is 2.67 bits per heavy atom. The summed E-state index contributed by atoms with van der Waals surface area (Å²) in [7, 11) is 2.01. The van der Waals surface area contributed by atoms with Crippen LogP contribution in [0.3, 0.4) is 0 Å². The summed E-state index contributed by atoms with van der Waals surface area (Å²) < 4.78 is 3.02. The number of halogens is 2. The summed E-state index contributed by atoms with van der Waals surface area (Å²) in [4.78, 5) is 0. The fourth-order valence-electron chi connectivity index (χ4n) is 2.47. The lowest BCUT2D eigenvalue weighted by Crippen LogP contribution is -2.24. The zero-order valence-corrected chi connectivity index (χ0v) is 15.0. The molecule has 3 nitrogen and oxygen atoms in total. The minimum Gasteiger partial charge on any atom is -0.310 e. The Bertz CT molecular complexity index is 610. The summed E-state index contributed by atoms with van der Waals surface area (Å²) in [5.41, 5.74) is 3.60. The van der Waals surface area contributed by atoms with Crippen molar-refractivity contribution in [3.63, 3.8) is 0 Å². The van der Waals surface area contributed by atoms with Crippen molar-refractivity contribution in [2.75, 3.05) is 6.54 Å². The molecule has 1 aromatic carbocycles. The third kappa shape index (κ3) is 4.09. The van der Waals surface area contributed by atoms with Crippen molar-refractivity contribution in [1.29, 1.82) is 0 Å². The molecule has 1 unspecified atom stereocenters. The summed E-state index contributed by atoms with van der Waals surface area (Å²) in [6.45, 7) is 5.17. The monoisotopic (exact) mass is 369 g/mol. The Labute approximate surface area is 139 Å². The minimum absolute atomic E-state index is 0.238. The highest BCUT2D eigenvalue weighted by Gasteiger charge is 2.17. The Morgan fingerprint density at radius 1 is 1.33 bits per heavy atom. The SMILES string of the molecule is CCNC(Cc1cc(CC)nn1C)c1ccc(Cl)cc1Br. The second-order valence-electron chi connectivity index (χ2n) is 5.08. The Balaban J connectivity index is 2.28. The first-order valence-electron chi connectivity index (χ1n) is 7.25. The van der Waals surface area contributed by atoms with Gasteiger partial charge in [-0.25, -0.2) is 0 Å². The number of nitrogens with one attached hydrogen (secondary N) is 1. The lowest BCUT2D eigenvalue weighted by atomic mass is 10.0. The number of likely N-dealkylation sites (N-methyl/N-ethyl adjacent to an activating group) is 1. The Morgan fingerprint density at radius 2 is 2.10 bits per heavy atom. The Kier molecular flexibility index (Phi) is 5.85. The zero-order chi connectivity index (χ0) is 15.4. The molecule has 0 aliphatic heterocycles. The van der Waals surface area contributed by atoms with Gasteiger partial charge in [-0.2, -0.15) is 5.10 Å². The van der Waals surface area contributed by atoms with E-state index in [-0.39, 0.29) is 6.04 Å². The van der Waals surface area contributed by atoms with Crippen LogP contribution in [-0.2, 0) is 19.9 Å². The van der Waals surface area contributed by atoms with Crippen molar-refractivity contribution in [1.82, 2.24) is 15.1 Å². The normalized spacial score (nSPS) is 12.6. The zero-order valence-electron chi connectivity index (χ0n) is 12.7. The van der Waals surface area contributed by atoms with Crippen molar-refractivity contribution in [3.8, 4) is 0 Å². The first-order valence-corrected chi connectivity index (χ1v) is 8.42. The van der Waals surface area contributed by atoms with Crippen LogP contribution in [0.15, 0.2) is 28.7 Å². The summed E-state index contributed by atoms with van der Waals surface area (Å²) in [6.07, 6.45) is 1.86. The molecule has 0 aliphatic carbocycles. The first kappa shape index (κ1) is 16.5. The maximum Gasteiger partial charge on any atom is 0.0624 e. The van der Waals surface area contributed by atoms with Gasteiger partial charge in [-0.15, -0.1) is 0 Å². The quantitative estimate of drug-likeness (QED) is 0.822. The second-order valence-corrected chi connectivity index (χ2v) is 6.38. The molecule has 1 aromatic heterocycles. The maximum atomic E-state index is 6.04. The molecule has 0 amide bonds. The third-order valence-electron chi connectivity index (χ3n) is 3.59. The smallest absolute Gasteiger partial charge is 0.0624 e. The molecular formula is C16H21BrClN3. The van der Waals surface area contributed by atoms with Gasteiger partial charge < -0.3 is 5.32 Å².